The fraction of sp³-hybridized carbons (Fsp3) is 0.211. The van der Waals surface area contributed by atoms with Gasteiger partial charge >= 0.3 is 5.97 Å². The fourth-order valence-corrected chi connectivity index (χ4v) is 2.74. The zero-order valence-electron chi connectivity index (χ0n) is 13.3. The highest BCUT2D eigenvalue weighted by atomic mass is 16.7. The maximum absolute atomic E-state index is 12.2. The molecule has 0 N–H and O–H groups in total. The number of fused-ring (bicyclic) bond motifs is 1. The predicted octanol–water partition coefficient (Wildman–Crippen LogP) is 2.99. The van der Waals surface area contributed by atoms with E-state index >= 15 is 0 Å². The van der Waals surface area contributed by atoms with Crippen LogP contribution in [0.1, 0.15) is 50.3 Å². The van der Waals surface area contributed by atoms with Gasteiger partial charge in [0.25, 0.3) is 11.8 Å². The van der Waals surface area contributed by atoms with Gasteiger partial charge in [-0.1, -0.05) is 17.2 Å². The van der Waals surface area contributed by atoms with E-state index in [1.807, 2.05) is 0 Å². The molecule has 1 fully saturated rings. The third kappa shape index (κ3) is 2.76. The second-order valence-corrected chi connectivity index (χ2v) is 6.02. The highest BCUT2D eigenvalue weighted by molar-refractivity contribution is 6.21. The van der Waals surface area contributed by atoms with Crippen LogP contribution < -0.4 is 4.74 Å². The Morgan fingerprint density at radius 2 is 1.52 bits per heavy atom. The lowest BCUT2D eigenvalue weighted by Gasteiger charge is -2.26. The Labute approximate surface area is 143 Å². The Bertz CT molecular complexity index is 819. The molecular weight excluding hydrogens is 322 g/mol. The number of hydroxylamine groups is 2. The average molecular weight is 337 g/mol. The molecule has 1 aliphatic carbocycles. The van der Waals surface area contributed by atoms with Crippen molar-refractivity contribution >= 4 is 17.8 Å². The van der Waals surface area contributed by atoms with Crippen molar-refractivity contribution in [1.82, 2.24) is 5.06 Å². The largest absolute Gasteiger partial charge is 0.490 e. The summed E-state index contributed by atoms with van der Waals surface area (Å²) >= 11 is 0. The lowest BCUT2D eigenvalue weighted by Crippen LogP contribution is -2.32. The Kier molecular flexibility index (Phi) is 3.72. The van der Waals surface area contributed by atoms with E-state index in [2.05, 4.69) is 0 Å². The second kappa shape index (κ2) is 6.05. The Morgan fingerprint density at radius 1 is 0.920 bits per heavy atom. The molecule has 0 spiro atoms. The molecule has 4 rings (SSSR count). The first-order valence-corrected chi connectivity index (χ1v) is 8.10. The summed E-state index contributed by atoms with van der Waals surface area (Å²) in [6.07, 6.45) is 3.51. The van der Waals surface area contributed by atoms with Crippen LogP contribution in [-0.4, -0.2) is 29.0 Å². The van der Waals surface area contributed by atoms with Crippen LogP contribution in [0.15, 0.2) is 48.5 Å². The van der Waals surface area contributed by atoms with Crippen molar-refractivity contribution in [1.29, 1.82) is 0 Å². The number of benzene rings is 2. The molecule has 1 heterocycles. The Morgan fingerprint density at radius 3 is 2.04 bits per heavy atom. The topological polar surface area (TPSA) is 72.9 Å². The van der Waals surface area contributed by atoms with Crippen LogP contribution in [-0.2, 0) is 4.84 Å². The first kappa shape index (κ1) is 15.4. The molecular formula is C19H15NO5. The molecule has 1 aliphatic heterocycles. The smallest absolute Gasteiger partial charge is 0.363 e. The van der Waals surface area contributed by atoms with Crippen molar-refractivity contribution in [2.45, 2.75) is 25.4 Å². The van der Waals surface area contributed by atoms with Crippen LogP contribution in [0.3, 0.4) is 0 Å². The van der Waals surface area contributed by atoms with Crippen LogP contribution in [0, 0.1) is 0 Å². The minimum Gasteiger partial charge on any atom is -0.490 e. The molecule has 1 saturated carbocycles. The van der Waals surface area contributed by atoms with Crippen molar-refractivity contribution in [3.63, 3.8) is 0 Å². The van der Waals surface area contributed by atoms with E-state index in [9.17, 15) is 14.4 Å². The van der Waals surface area contributed by atoms with Crippen molar-refractivity contribution in [2.24, 2.45) is 0 Å². The summed E-state index contributed by atoms with van der Waals surface area (Å²) in [6, 6.07) is 12.8. The number of ether oxygens (including phenoxy) is 1. The third-order valence-electron chi connectivity index (χ3n) is 4.38. The van der Waals surface area contributed by atoms with Gasteiger partial charge in [0.05, 0.1) is 22.8 Å². The monoisotopic (exact) mass is 337 g/mol. The van der Waals surface area contributed by atoms with Crippen molar-refractivity contribution in [2.75, 3.05) is 0 Å². The lowest BCUT2D eigenvalue weighted by atomic mass is 9.96. The van der Waals surface area contributed by atoms with Gasteiger partial charge in [-0.15, -0.1) is 0 Å². The molecule has 0 aromatic heterocycles. The molecule has 0 radical (unpaired) electrons. The summed E-state index contributed by atoms with van der Waals surface area (Å²) in [6.45, 7) is 0. The van der Waals surface area contributed by atoms with Crippen LogP contribution in [0.25, 0.3) is 0 Å². The van der Waals surface area contributed by atoms with Crippen LogP contribution in [0.2, 0.25) is 0 Å². The SMILES string of the molecule is O=C(ON1C(=O)c2ccccc2C1=O)c1ccc(OC2CCC2)cc1. The van der Waals surface area contributed by atoms with Gasteiger partial charge in [-0.25, -0.2) is 4.79 Å². The number of rotatable bonds is 4. The summed E-state index contributed by atoms with van der Waals surface area (Å²) < 4.78 is 5.72. The maximum Gasteiger partial charge on any atom is 0.363 e. The highest BCUT2D eigenvalue weighted by Crippen LogP contribution is 2.26. The molecule has 25 heavy (non-hydrogen) atoms. The molecule has 126 valence electrons. The van der Waals surface area contributed by atoms with E-state index in [1.165, 1.54) is 18.6 Å². The zero-order valence-corrected chi connectivity index (χ0v) is 13.3. The number of imide groups is 1. The lowest BCUT2D eigenvalue weighted by molar-refractivity contribution is -0.0584. The molecule has 6 heteroatoms. The van der Waals surface area contributed by atoms with Gasteiger partial charge in [0.1, 0.15) is 5.75 Å². The van der Waals surface area contributed by atoms with Gasteiger partial charge in [-0.3, -0.25) is 9.59 Å². The predicted molar refractivity (Wildman–Crippen MR) is 87.1 cm³/mol. The summed E-state index contributed by atoms with van der Waals surface area (Å²) in [5, 5.41) is 0.506. The normalized spacial score (nSPS) is 16.4. The Balaban J connectivity index is 1.45. The van der Waals surface area contributed by atoms with Gasteiger partial charge in [0.15, 0.2) is 0 Å². The first-order chi connectivity index (χ1) is 12.1. The highest BCUT2D eigenvalue weighted by Gasteiger charge is 2.38. The number of hydrogen-bond acceptors (Lipinski definition) is 5. The molecule has 0 saturated heterocycles. The summed E-state index contributed by atoms with van der Waals surface area (Å²) in [5.41, 5.74) is 0.687. The summed E-state index contributed by atoms with van der Waals surface area (Å²) in [5.74, 6) is -1.37. The van der Waals surface area contributed by atoms with Crippen molar-refractivity contribution in [3.8, 4) is 5.75 Å². The quantitative estimate of drug-likeness (QED) is 0.802. The van der Waals surface area contributed by atoms with Gasteiger partial charge in [0.2, 0.25) is 0 Å². The number of carbonyl (C=O) groups is 3. The van der Waals surface area contributed by atoms with E-state index in [1.54, 1.807) is 36.4 Å². The zero-order chi connectivity index (χ0) is 17.4. The first-order valence-electron chi connectivity index (χ1n) is 8.10. The minimum atomic E-state index is -0.773. The van der Waals surface area contributed by atoms with E-state index in [0.717, 1.165) is 12.8 Å². The molecule has 0 unspecified atom stereocenters. The van der Waals surface area contributed by atoms with Crippen LogP contribution in [0.5, 0.6) is 5.75 Å². The third-order valence-corrected chi connectivity index (χ3v) is 4.38. The van der Waals surface area contributed by atoms with Crippen molar-refractivity contribution in [3.05, 3.63) is 65.2 Å². The molecule has 2 aromatic carbocycles. The fourth-order valence-electron chi connectivity index (χ4n) is 2.74. The molecule has 0 atom stereocenters. The number of nitrogens with zero attached hydrogens (tertiary/aromatic N) is 1. The van der Waals surface area contributed by atoms with E-state index in [-0.39, 0.29) is 22.8 Å². The minimum absolute atomic E-state index is 0.226. The van der Waals surface area contributed by atoms with Crippen LogP contribution in [0.4, 0.5) is 0 Å². The molecule has 2 aromatic rings. The summed E-state index contributed by atoms with van der Waals surface area (Å²) in [7, 11) is 0. The van der Waals surface area contributed by atoms with Gasteiger partial charge < -0.3 is 9.57 Å². The number of carbonyl (C=O) groups excluding carboxylic acids is 3. The molecule has 0 bridgehead atoms. The van der Waals surface area contributed by atoms with Gasteiger partial charge in [0, 0.05) is 0 Å². The van der Waals surface area contributed by atoms with E-state index in [0.29, 0.717) is 10.8 Å². The number of hydrogen-bond donors (Lipinski definition) is 0. The van der Waals surface area contributed by atoms with E-state index < -0.39 is 17.8 Å². The molecule has 6 nitrogen and oxygen atoms in total. The van der Waals surface area contributed by atoms with Crippen molar-refractivity contribution < 1.29 is 24.0 Å². The maximum atomic E-state index is 12.2. The Hall–Kier alpha value is -3.15. The second-order valence-electron chi connectivity index (χ2n) is 6.02. The van der Waals surface area contributed by atoms with Gasteiger partial charge in [-0.2, -0.15) is 0 Å². The van der Waals surface area contributed by atoms with Gasteiger partial charge in [-0.05, 0) is 55.7 Å². The van der Waals surface area contributed by atoms with Crippen LogP contribution >= 0.6 is 0 Å². The average Bonchev–Trinajstić information content (AvgIpc) is 2.84. The van der Waals surface area contributed by atoms with E-state index in [4.69, 9.17) is 9.57 Å². The molecule has 2 aliphatic rings. The number of amides is 2. The standard InChI is InChI=1S/C19H15NO5/c21-17-15-6-1-2-7-16(15)18(22)20(17)25-19(23)12-8-10-14(11-9-12)24-13-4-3-5-13/h1-2,6-11,13H,3-5H2. The molecule has 2 amide bonds. The summed E-state index contributed by atoms with van der Waals surface area (Å²) in [4.78, 5) is 41.6.